The molecule has 4 nitrogen and oxygen atoms in total. The Labute approximate surface area is 125 Å². The lowest BCUT2D eigenvalue weighted by molar-refractivity contribution is 0.282. The van der Waals surface area contributed by atoms with E-state index in [1.54, 1.807) is 0 Å². The Hall–Kier alpha value is -1.59. The van der Waals surface area contributed by atoms with Gasteiger partial charge in [0.2, 0.25) is 0 Å². The highest BCUT2D eigenvalue weighted by molar-refractivity contribution is 9.10. The van der Waals surface area contributed by atoms with Gasteiger partial charge in [-0.15, -0.1) is 0 Å². The van der Waals surface area contributed by atoms with Gasteiger partial charge in [0.15, 0.2) is 0 Å². The van der Waals surface area contributed by atoms with Gasteiger partial charge in [-0.25, -0.2) is 0 Å². The van der Waals surface area contributed by atoms with E-state index < -0.39 is 0 Å². The van der Waals surface area contributed by atoms with Gasteiger partial charge in [0.1, 0.15) is 0 Å². The highest BCUT2D eigenvalue weighted by Crippen LogP contribution is 2.24. The maximum Gasteiger partial charge on any atom is 0.0739 e. The number of aliphatic hydroxyl groups is 1. The molecule has 0 aliphatic heterocycles. The molecule has 0 aliphatic rings. The van der Waals surface area contributed by atoms with Gasteiger partial charge < -0.3 is 9.67 Å². The number of aromatic nitrogens is 3. The van der Waals surface area contributed by atoms with E-state index in [-0.39, 0.29) is 6.61 Å². The monoisotopic (exact) mass is 333 g/mol. The Morgan fingerprint density at radius 2 is 2.10 bits per heavy atom. The predicted octanol–water partition coefficient (Wildman–Crippen LogP) is 2.99. The maximum atomic E-state index is 9.19. The molecule has 0 spiro atoms. The molecule has 3 rings (SSSR count). The van der Waals surface area contributed by atoms with Gasteiger partial charge in [-0.05, 0) is 52.0 Å². The highest BCUT2D eigenvalue weighted by atomic mass is 79.9. The number of hydrogen-bond donors (Lipinski definition) is 1. The summed E-state index contributed by atoms with van der Waals surface area (Å²) in [5.74, 6) is 0. The molecule has 1 N–H and O–H groups in total. The number of hydrogen-bond acceptors (Lipinski definition) is 2. The third kappa shape index (κ3) is 2.17. The lowest BCUT2D eigenvalue weighted by Crippen LogP contribution is -2.05. The molecule has 0 bridgehead atoms. The topological polar surface area (TPSA) is 43.0 Å². The zero-order valence-corrected chi connectivity index (χ0v) is 13.1. The first-order valence-electron chi connectivity index (χ1n) is 6.46. The van der Waals surface area contributed by atoms with E-state index in [4.69, 9.17) is 0 Å². The molecule has 2 heterocycles. The van der Waals surface area contributed by atoms with Crippen LogP contribution < -0.4 is 0 Å². The summed E-state index contributed by atoms with van der Waals surface area (Å²) in [4.78, 5) is 0. The van der Waals surface area contributed by atoms with Crippen molar-refractivity contribution >= 4 is 26.8 Å². The van der Waals surface area contributed by atoms with Crippen LogP contribution in [0.5, 0.6) is 0 Å². The standard InChI is InChI=1S/C15H16BrN3O/c1-10-15(16)14(18(2)17-10)8-19-6-5-12-7-11(9-20)3-4-13(12)19/h3-7,20H,8-9H2,1-2H3. The van der Waals surface area contributed by atoms with E-state index in [2.05, 4.69) is 43.9 Å². The van der Waals surface area contributed by atoms with Crippen molar-refractivity contribution in [2.24, 2.45) is 7.05 Å². The van der Waals surface area contributed by atoms with Crippen LogP contribution in [0, 0.1) is 6.92 Å². The highest BCUT2D eigenvalue weighted by Gasteiger charge is 2.12. The molecule has 104 valence electrons. The Bertz CT molecular complexity index is 773. The van der Waals surface area contributed by atoms with Crippen molar-refractivity contribution in [1.29, 1.82) is 0 Å². The number of aryl methyl sites for hydroxylation is 2. The molecule has 0 unspecified atom stereocenters. The van der Waals surface area contributed by atoms with Gasteiger partial charge in [0.05, 0.1) is 29.0 Å². The van der Waals surface area contributed by atoms with Gasteiger partial charge >= 0.3 is 0 Å². The zero-order chi connectivity index (χ0) is 14.3. The molecule has 0 saturated carbocycles. The summed E-state index contributed by atoms with van der Waals surface area (Å²) >= 11 is 3.60. The van der Waals surface area contributed by atoms with Crippen LogP contribution in [-0.2, 0) is 20.2 Å². The number of fused-ring (bicyclic) bond motifs is 1. The number of rotatable bonds is 3. The first-order chi connectivity index (χ1) is 9.60. The minimum Gasteiger partial charge on any atom is -0.392 e. The second-order valence-corrected chi connectivity index (χ2v) is 5.76. The van der Waals surface area contributed by atoms with Crippen molar-refractivity contribution in [3.8, 4) is 0 Å². The molecule has 2 aromatic heterocycles. The predicted molar refractivity (Wildman–Crippen MR) is 82.6 cm³/mol. The van der Waals surface area contributed by atoms with Crippen molar-refractivity contribution in [3.05, 3.63) is 51.9 Å². The molecule has 0 radical (unpaired) electrons. The van der Waals surface area contributed by atoms with Crippen LogP contribution in [0.1, 0.15) is 17.0 Å². The largest absolute Gasteiger partial charge is 0.392 e. The second-order valence-electron chi connectivity index (χ2n) is 4.96. The molecule has 0 saturated heterocycles. The first kappa shape index (κ1) is 13.4. The summed E-state index contributed by atoms with van der Waals surface area (Å²) < 4.78 is 5.17. The Morgan fingerprint density at radius 3 is 2.75 bits per heavy atom. The zero-order valence-electron chi connectivity index (χ0n) is 11.5. The summed E-state index contributed by atoms with van der Waals surface area (Å²) in [5.41, 5.74) is 4.24. The van der Waals surface area contributed by atoms with Crippen molar-refractivity contribution < 1.29 is 5.11 Å². The van der Waals surface area contributed by atoms with Crippen LogP contribution in [0.2, 0.25) is 0 Å². The molecular weight excluding hydrogens is 318 g/mol. The summed E-state index contributed by atoms with van der Waals surface area (Å²) in [6.07, 6.45) is 2.07. The van der Waals surface area contributed by atoms with Crippen LogP contribution in [0.3, 0.4) is 0 Å². The number of aliphatic hydroxyl groups excluding tert-OH is 1. The van der Waals surface area contributed by atoms with Gasteiger partial charge in [-0.1, -0.05) is 6.07 Å². The summed E-state index contributed by atoms with van der Waals surface area (Å²) in [5, 5.41) is 14.8. The molecular formula is C15H16BrN3O. The van der Waals surface area contributed by atoms with E-state index in [0.717, 1.165) is 38.9 Å². The molecule has 20 heavy (non-hydrogen) atoms. The molecule has 0 amide bonds. The van der Waals surface area contributed by atoms with Crippen LogP contribution >= 0.6 is 15.9 Å². The van der Waals surface area contributed by atoms with Gasteiger partial charge in [0.25, 0.3) is 0 Å². The summed E-state index contributed by atoms with van der Waals surface area (Å²) in [6, 6.07) is 8.11. The Morgan fingerprint density at radius 1 is 1.30 bits per heavy atom. The lowest BCUT2D eigenvalue weighted by atomic mass is 10.2. The minimum atomic E-state index is 0.0770. The third-order valence-corrected chi connectivity index (χ3v) is 4.63. The molecule has 3 aromatic rings. The average Bonchev–Trinajstić information content (AvgIpc) is 2.95. The summed E-state index contributed by atoms with van der Waals surface area (Å²) in [6.45, 7) is 2.84. The normalized spacial score (nSPS) is 11.4. The fraction of sp³-hybridized carbons (Fsp3) is 0.267. The van der Waals surface area contributed by atoms with Crippen molar-refractivity contribution in [1.82, 2.24) is 14.3 Å². The van der Waals surface area contributed by atoms with Gasteiger partial charge in [0, 0.05) is 18.8 Å². The van der Waals surface area contributed by atoms with Crippen molar-refractivity contribution in [3.63, 3.8) is 0 Å². The fourth-order valence-corrected chi connectivity index (χ4v) is 2.96. The molecule has 1 aromatic carbocycles. The number of nitrogens with zero attached hydrogens (tertiary/aromatic N) is 3. The van der Waals surface area contributed by atoms with E-state index in [9.17, 15) is 5.11 Å². The molecule has 0 atom stereocenters. The molecule has 5 heteroatoms. The minimum absolute atomic E-state index is 0.0770. The Balaban J connectivity index is 2.03. The third-order valence-electron chi connectivity index (χ3n) is 3.60. The second kappa shape index (κ2) is 5.07. The number of halogens is 1. The molecule has 0 fully saturated rings. The van der Waals surface area contributed by atoms with Crippen LogP contribution in [0.15, 0.2) is 34.9 Å². The van der Waals surface area contributed by atoms with Gasteiger partial charge in [-0.2, -0.15) is 5.10 Å². The number of benzene rings is 1. The SMILES string of the molecule is Cc1nn(C)c(Cn2ccc3cc(CO)ccc32)c1Br. The van der Waals surface area contributed by atoms with Crippen LogP contribution in [0.4, 0.5) is 0 Å². The quantitative estimate of drug-likeness (QED) is 0.800. The smallest absolute Gasteiger partial charge is 0.0739 e. The van der Waals surface area contributed by atoms with Crippen molar-refractivity contribution in [2.75, 3.05) is 0 Å². The lowest BCUT2D eigenvalue weighted by Gasteiger charge is -2.07. The van der Waals surface area contributed by atoms with Crippen LogP contribution in [0.25, 0.3) is 10.9 Å². The van der Waals surface area contributed by atoms with E-state index >= 15 is 0 Å². The van der Waals surface area contributed by atoms with Crippen molar-refractivity contribution in [2.45, 2.75) is 20.1 Å². The molecule has 0 aliphatic carbocycles. The van der Waals surface area contributed by atoms with Gasteiger partial charge in [-0.3, -0.25) is 4.68 Å². The fourth-order valence-electron chi connectivity index (χ4n) is 2.50. The summed E-state index contributed by atoms with van der Waals surface area (Å²) in [7, 11) is 1.96. The Kier molecular flexibility index (Phi) is 3.40. The van der Waals surface area contributed by atoms with E-state index in [1.165, 1.54) is 0 Å². The van der Waals surface area contributed by atoms with E-state index in [0.29, 0.717) is 0 Å². The van der Waals surface area contributed by atoms with E-state index in [1.807, 2.05) is 30.8 Å². The first-order valence-corrected chi connectivity index (χ1v) is 7.26. The van der Waals surface area contributed by atoms with Crippen LogP contribution in [-0.4, -0.2) is 19.5 Å². The maximum absolute atomic E-state index is 9.19. The average molecular weight is 334 g/mol.